The predicted molar refractivity (Wildman–Crippen MR) is 121 cm³/mol. The summed E-state index contributed by atoms with van der Waals surface area (Å²) in [5.74, 6) is 1.04. The molecule has 1 saturated carbocycles. The molecule has 2 amide bonds. The smallest absolute Gasteiger partial charge is 0.246 e. The second-order valence-electron chi connectivity index (χ2n) is 9.92. The van der Waals surface area contributed by atoms with Crippen molar-refractivity contribution in [3.05, 3.63) is 23.5 Å². The van der Waals surface area contributed by atoms with Crippen LogP contribution < -0.4 is 4.90 Å². The number of imidazole rings is 1. The average molecular weight is 436 g/mol. The molecule has 0 saturated heterocycles. The molecule has 168 valence electrons. The van der Waals surface area contributed by atoms with Crippen LogP contribution in [-0.4, -0.2) is 62.5 Å². The van der Waals surface area contributed by atoms with Gasteiger partial charge in [0.05, 0.1) is 23.9 Å². The minimum absolute atomic E-state index is 0.0132. The molecule has 2 aliphatic rings. The van der Waals surface area contributed by atoms with Gasteiger partial charge in [-0.2, -0.15) is 5.10 Å². The second kappa shape index (κ2) is 7.15. The summed E-state index contributed by atoms with van der Waals surface area (Å²) in [6.45, 7) is 6.00. The lowest BCUT2D eigenvalue weighted by Gasteiger charge is -2.23. The summed E-state index contributed by atoms with van der Waals surface area (Å²) in [7, 11) is 3.33. The molecule has 5 rings (SSSR count). The van der Waals surface area contributed by atoms with Crippen LogP contribution in [0.1, 0.15) is 38.4 Å². The van der Waals surface area contributed by atoms with Gasteiger partial charge in [-0.3, -0.25) is 14.7 Å². The van der Waals surface area contributed by atoms with Crippen LogP contribution in [0.25, 0.3) is 22.7 Å². The van der Waals surface area contributed by atoms with E-state index in [1.54, 1.807) is 20.3 Å². The Morgan fingerprint density at radius 3 is 2.84 bits per heavy atom. The summed E-state index contributed by atoms with van der Waals surface area (Å²) in [6.07, 6.45) is 4.99. The molecular formula is C23H29N7O2. The van der Waals surface area contributed by atoms with E-state index in [0.29, 0.717) is 22.6 Å². The monoisotopic (exact) mass is 435 g/mol. The number of nitrogens with zero attached hydrogens (tertiary/aromatic N) is 5. The van der Waals surface area contributed by atoms with Crippen LogP contribution in [0.2, 0.25) is 0 Å². The lowest BCUT2D eigenvalue weighted by molar-refractivity contribution is -0.136. The van der Waals surface area contributed by atoms with Gasteiger partial charge in [0.2, 0.25) is 11.8 Å². The van der Waals surface area contributed by atoms with Gasteiger partial charge in [-0.05, 0) is 36.7 Å². The average Bonchev–Trinajstić information content (AvgIpc) is 3.07. The molecule has 1 fully saturated rings. The van der Waals surface area contributed by atoms with Gasteiger partial charge in [-0.15, -0.1) is 0 Å². The highest BCUT2D eigenvalue weighted by molar-refractivity contribution is 5.97. The number of hydrogen-bond acceptors (Lipinski definition) is 5. The van der Waals surface area contributed by atoms with Crippen LogP contribution in [0.5, 0.6) is 0 Å². The quantitative estimate of drug-likeness (QED) is 0.640. The topological polar surface area (TPSA) is 111 Å². The van der Waals surface area contributed by atoms with Crippen molar-refractivity contribution < 1.29 is 9.59 Å². The number of pyridine rings is 1. The Balaban J connectivity index is 1.37. The van der Waals surface area contributed by atoms with Crippen molar-refractivity contribution >= 4 is 28.7 Å². The van der Waals surface area contributed by atoms with E-state index in [1.807, 2.05) is 19.9 Å². The third-order valence-electron chi connectivity index (χ3n) is 7.07. The molecule has 3 aromatic rings. The van der Waals surface area contributed by atoms with Gasteiger partial charge in [0.15, 0.2) is 11.5 Å². The highest BCUT2D eigenvalue weighted by Crippen LogP contribution is 2.59. The van der Waals surface area contributed by atoms with Gasteiger partial charge >= 0.3 is 0 Å². The number of carbonyl (C=O) groups excluding carboxylic acids is 2. The first kappa shape index (κ1) is 20.7. The molecule has 0 aliphatic heterocycles. The van der Waals surface area contributed by atoms with Crippen molar-refractivity contribution in [3.8, 4) is 11.5 Å². The first-order valence-electron chi connectivity index (χ1n) is 11.1. The number of fused-ring (bicyclic) bond motifs is 3. The van der Waals surface area contributed by atoms with Gasteiger partial charge in [-0.25, -0.2) is 9.97 Å². The highest BCUT2D eigenvalue weighted by atomic mass is 16.2. The largest absolute Gasteiger partial charge is 0.336 e. The third kappa shape index (κ3) is 3.36. The van der Waals surface area contributed by atoms with Gasteiger partial charge in [-0.1, -0.05) is 20.8 Å². The molecule has 2 atom stereocenters. The molecular weight excluding hydrogens is 406 g/mol. The Bertz CT molecular complexity index is 1230. The van der Waals surface area contributed by atoms with Crippen molar-refractivity contribution in [1.82, 2.24) is 30.0 Å². The Morgan fingerprint density at radius 1 is 1.31 bits per heavy atom. The van der Waals surface area contributed by atoms with Crippen molar-refractivity contribution in [1.29, 1.82) is 0 Å². The minimum Gasteiger partial charge on any atom is -0.336 e. The maximum absolute atomic E-state index is 12.7. The van der Waals surface area contributed by atoms with Gasteiger partial charge in [0.1, 0.15) is 5.69 Å². The highest BCUT2D eigenvalue weighted by Gasteiger charge is 2.53. The second-order valence-corrected chi connectivity index (χ2v) is 9.92. The van der Waals surface area contributed by atoms with E-state index in [4.69, 9.17) is 0 Å². The first-order chi connectivity index (χ1) is 15.2. The zero-order chi connectivity index (χ0) is 22.8. The summed E-state index contributed by atoms with van der Waals surface area (Å²) in [5.41, 5.74) is 5.75. The number of likely N-dealkylation sites (N-methyl/N-ethyl adjacent to an activating group) is 2. The van der Waals surface area contributed by atoms with Crippen molar-refractivity contribution in [2.45, 2.75) is 40.0 Å². The van der Waals surface area contributed by atoms with Crippen molar-refractivity contribution in [2.75, 3.05) is 25.5 Å². The number of rotatable bonds is 5. The zero-order valence-electron chi connectivity index (χ0n) is 19.2. The number of amides is 2. The molecule has 0 aromatic carbocycles. The van der Waals surface area contributed by atoms with Crippen LogP contribution in [0.3, 0.4) is 0 Å². The van der Waals surface area contributed by atoms with Crippen LogP contribution in [0.4, 0.5) is 5.69 Å². The molecule has 2 aliphatic carbocycles. The van der Waals surface area contributed by atoms with Crippen LogP contribution >= 0.6 is 0 Å². The fourth-order valence-corrected chi connectivity index (χ4v) is 4.81. The van der Waals surface area contributed by atoms with E-state index >= 15 is 0 Å². The van der Waals surface area contributed by atoms with Crippen LogP contribution in [-0.2, 0) is 22.4 Å². The van der Waals surface area contributed by atoms with E-state index in [0.717, 1.165) is 30.0 Å². The lowest BCUT2D eigenvalue weighted by Crippen LogP contribution is -2.40. The number of hydrogen-bond donors (Lipinski definition) is 2. The number of aromatic amines is 2. The summed E-state index contributed by atoms with van der Waals surface area (Å²) < 4.78 is 0. The first-order valence-corrected chi connectivity index (χ1v) is 11.1. The fourth-order valence-electron chi connectivity index (χ4n) is 4.81. The van der Waals surface area contributed by atoms with E-state index in [1.165, 1.54) is 27.5 Å². The number of aromatic nitrogens is 5. The van der Waals surface area contributed by atoms with Crippen LogP contribution in [0, 0.1) is 17.3 Å². The molecule has 3 aromatic heterocycles. The number of anilines is 1. The van der Waals surface area contributed by atoms with Gasteiger partial charge < -0.3 is 14.8 Å². The fraction of sp³-hybridized carbons (Fsp3) is 0.522. The van der Waals surface area contributed by atoms with E-state index in [-0.39, 0.29) is 24.3 Å². The summed E-state index contributed by atoms with van der Waals surface area (Å²) in [5, 5.41) is 7.77. The predicted octanol–water partition coefficient (Wildman–Crippen LogP) is 2.55. The Morgan fingerprint density at radius 2 is 2.09 bits per heavy atom. The molecule has 3 heterocycles. The summed E-state index contributed by atoms with van der Waals surface area (Å²) in [4.78, 5) is 40.2. The SMILES string of the molecule is CC(C)C(=O)N(C)CC(=O)N(C)c1cnc2nc(-c3n[nH]c4c3C[C@@H]3C[C@]3(C)C4)[nH]c2c1. The maximum atomic E-state index is 12.7. The molecule has 32 heavy (non-hydrogen) atoms. The number of carbonyl (C=O) groups is 2. The molecule has 9 nitrogen and oxygen atoms in total. The van der Waals surface area contributed by atoms with Gasteiger partial charge in [0, 0.05) is 31.3 Å². The zero-order valence-corrected chi connectivity index (χ0v) is 19.2. The third-order valence-corrected chi connectivity index (χ3v) is 7.07. The molecule has 0 radical (unpaired) electrons. The van der Waals surface area contributed by atoms with E-state index in [2.05, 4.69) is 32.1 Å². The van der Waals surface area contributed by atoms with Crippen molar-refractivity contribution in [3.63, 3.8) is 0 Å². The lowest BCUT2D eigenvalue weighted by atomic mass is 9.88. The minimum atomic E-state index is -0.184. The number of nitrogens with one attached hydrogen (secondary N) is 2. The van der Waals surface area contributed by atoms with E-state index < -0.39 is 0 Å². The Hall–Kier alpha value is -3.23. The standard InChI is InChI=1S/C23H29N7O2/c1-12(2)22(32)29(4)11-18(31)30(5)14-7-16-20(24-10-14)26-21(25-16)19-15-6-13-8-23(13,3)9-17(15)27-28-19/h7,10,12-13H,6,8-9,11H2,1-5H3,(H,27,28)(H,24,25,26)/t13-,23-/m1/s1. The number of H-pyrrole nitrogens is 2. The summed E-state index contributed by atoms with van der Waals surface area (Å²) in [6, 6.07) is 1.86. The van der Waals surface area contributed by atoms with E-state index in [9.17, 15) is 9.59 Å². The molecule has 0 unspecified atom stereocenters. The Kier molecular flexibility index (Phi) is 4.61. The molecule has 2 N–H and O–H groups in total. The molecule has 0 bridgehead atoms. The Labute approximate surface area is 186 Å². The summed E-state index contributed by atoms with van der Waals surface area (Å²) >= 11 is 0. The molecule has 0 spiro atoms. The normalized spacial score (nSPS) is 21.4. The van der Waals surface area contributed by atoms with Gasteiger partial charge in [0.25, 0.3) is 0 Å². The van der Waals surface area contributed by atoms with Crippen LogP contribution in [0.15, 0.2) is 12.3 Å². The maximum Gasteiger partial charge on any atom is 0.246 e. The van der Waals surface area contributed by atoms with Crippen molar-refractivity contribution in [2.24, 2.45) is 17.3 Å². The molecule has 9 heteroatoms.